The van der Waals surface area contributed by atoms with Crippen molar-refractivity contribution in [2.24, 2.45) is 0 Å². The van der Waals surface area contributed by atoms with Crippen LogP contribution in [0.25, 0.3) is 10.9 Å². The van der Waals surface area contributed by atoms with E-state index in [1.165, 1.54) is 30.5 Å². The van der Waals surface area contributed by atoms with Crippen molar-refractivity contribution >= 4 is 42.5 Å². The molecule has 0 bridgehead atoms. The highest BCUT2D eigenvalue weighted by molar-refractivity contribution is 9.10. The Bertz CT molecular complexity index is 1020. The summed E-state index contributed by atoms with van der Waals surface area (Å²) in [4.78, 5) is 10.8. The molecule has 0 fully saturated rings. The number of nitrogens with zero attached hydrogens (tertiary/aromatic N) is 2. The first-order valence-corrected chi connectivity index (χ1v) is 8.82. The molecule has 118 valence electrons. The van der Waals surface area contributed by atoms with E-state index in [1.807, 2.05) is 6.92 Å². The number of nitro benzene ring substituents is 1. The zero-order chi connectivity index (χ0) is 16.8. The Kier molecular flexibility index (Phi) is 3.73. The van der Waals surface area contributed by atoms with Crippen LogP contribution in [0.4, 0.5) is 5.69 Å². The van der Waals surface area contributed by atoms with Gasteiger partial charge in [-0.1, -0.05) is 23.8 Å². The maximum atomic E-state index is 12.8. The Balaban J connectivity index is 2.31. The average Bonchev–Trinajstić information content (AvgIpc) is 2.86. The molecule has 0 saturated heterocycles. The number of aryl methyl sites for hydroxylation is 1. The lowest BCUT2D eigenvalue weighted by molar-refractivity contribution is -0.383. The third-order valence-electron chi connectivity index (χ3n) is 3.50. The van der Waals surface area contributed by atoms with Crippen molar-refractivity contribution in [1.29, 1.82) is 0 Å². The summed E-state index contributed by atoms with van der Waals surface area (Å²) >= 11 is 3.22. The van der Waals surface area contributed by atoms with Gasteiger partial charge in [0.05, 0.1) is 25.2 Å². The third-order valence-corrected chi connectivity index (χ3v) is 5.79. The Morgan fingerprint density at radius 2 is 1.78 bits per heavy atom. The first-order chi connectivity index (χ1) is 10.8. The zero-order valence-corrected chi connectivity index (χ0v) is 14.3. The highest BCUT2D eigenvalue weighted by atomic mass is 79.9. The van der Waals surface area contributed by atoms with Gasteiger partial charge in [0.25, 0.3) is 15.7 Å². The predicted molar refractivity (Wildman–Crippen MR) is 90.1 cm³/mol. The first kappa shape index (κ1) is 15.7. The molecular formula is C15H11BrN2O4S. The molecular weight excluding hydrogens is 384 g/mol. The van der Waals surface area contributed by atoms with Crippen molar-refractivity contribution in [3.63, 3.8) is 0 Å². The topological polar surface area (TPSA) is 82.2 Å². The minimum absolute atomic E-state index is 0.124. The molecule has 0 radical (unpaired) electrons. The molecule has 0 saturated carbocycles. The van der Waals surface area contributed by atoms with Crippen LogP contribution >= 0.6 is 15.9 Å². The van der Waals surface area contributed by atoms with Gasteiger partial charge in [-0.15, -0.1) is 0 Å². The lowest BCUT2D eigenvalue weighted by Crippen LogP contribution is -2.11. The summed E-state index contributed by atoms with van der Waals surface area (Å²) in [7, 11) is -3.84. The van der Waals surface area contributed by atoms with E-state index < -0.39 is 14.9 Å². The second kappa shape index (κ2) is 5.47. The van der Waals surface area contributed by atoms with E-state index in [-0.39, 0.29) is 21.5 Å². The van der Waals surface area contributed by atoms with Crippen molar-refractivity contribution < 1.29 is 13.3 Å². The van der Waals surface area contributed by atoms with Crippen LogP contribution in [0, 0.1) is 17.0 Å². The minimum Gasteiger partial charge on any atom is -0.258 e. The second-order valence-electron chi connectivity index (χ2n) is 5.02. The van der Waals surface area contributed by atoms with E-state index in [0.717, 1.165) is 9.54 Å². The van der Waals surface area contributed by atoms with Crippen LogP contribution in [0.3, 0.4) is 0 Å². The van der Waals surface area contributed by atoms with Crippen molar-refractivity contribution in [3.8, 4) is 0 Å². The molecule has 23 heavy (non-hydrogen) atoms. The number of aromatic nitrogens is 1. The van der Waals surface area contributed by atoms with Crippen molar-refractivity contribution in [2.75, 3.05) is 0 Å². The summed E-state index contributed by atoms with van der Waals surface area (Å²) in [6.07, 6.45) is 1.34. The highest BCUT2D eigenvalue weighted by Crippen LogP contribution is 2.35. The molecule has 0 unspecified atom stereocenters. The molecule has 2 aromatic carbocycles. The van der Waals surface area contributed by atoms with Crippen LogP contribution in [0.1, 0.15) is 5.56 Å². The fourth-order valence-electron chi connectivity index (χ4n) is 2.37. The summed E-state index contributed by atoms with van der Waals surface area (Å²) in [5, 5.41) is 11.4. The quantitative estimate of drug-likeness (QED) is 0.498. The normalized spacial score (nSPS) is 11.7. The van der Waals surface area contributed by atoms with Crippen LogP contribution in [0.5, 0.6) is 0 Å². The van der Waals surface area contributed by atoms with Gasteiger partial charge < -0.3 is 0 Å². The fraction of sp³-hybridized carbons (Fsp3) is 0.0667. The van der Waals surface area contributed by atoms with Gasteiger partial charge in [-0.3, -0.25) is 10.1 Å². The largest absolute Gasteiger partial charge is 0.279 e. The zero-order valence-electron chi connectivity index (χ0n) is 11.9. The molecule has 1 heterocycles. The molecule has 3 aromatic rings. The molecule has 6 nitrogen and oxygen atoms in total. The van der Waals surface area contributed by atoms with Crippen LogP contribution in [0.2, 0.25) is 0 Å². The van der Waals surface area contributed by atoms with E-state index in [0.29, 0.717) is 4.47 Å². The summed E-state index contributed by atoms with van der Waals surface area (Å²) in [6, 6.07) is 10.8. The van der Waals surface area contributed by atoms with Crippen LogP contribution in [-0.2, 0) is 10.0 Å². The Hall–Kier alpha value is -2.19. The van der Waals surface area contributed by atoms with Gasteiger partial charge in [-0.05, 0) is 41.1 Å². The Labute approximate surface area is 140 Å². The lowest BCUT2D eigenvalue weighted by Gasteiger charge is -2.07. The molecule has 8 heteroatoms. The summed E-state index contributed by atoms with van der Waals surface area (Å²) in [5.74, 6) is 0. The van der Waals surface area contributed by atoms with Crippen LogP contribution in [-0.4, -0.2) is 17.3 Å². The number of hydrogen-bond acceptors (Lipinski definition) is 4. The fourth-order valence-corrected chi connectivity index (χ4v) is 4.48. The monoisotopic (exact) mass is 394 g/mol. The average molecular weight is 395 g/mol. The van der Waals surface area contributed by atoms with Crippen molar-refractivity contribution in [3.05, 3.63) is 68.8 Å². The van der Waals surface area contributed by atoms with Crippen molar-refractivity contribution in [1.82, 2.24) is 3.97 Å². The third kappa shape index (κ3) is 2.53. The smallest absolute Gasteiger partial charge is 0.258 e. The summed E-state index contributed by atoms with van der Waals surface area (Å²) < 4.78 is 27.1. The van der Waals surface area contributed by atoms with Crippen molar-refractivity contribution in [2.45, 2.75) is 11.8 Å². The van der Waals surface area contributed by atoms with Gasteiger partial charge in [0.1, 0.15) is 0 Å². The SMILES string of the molecule is Cc1ccc(S(=O)(=O)n2cc(Br)c3c([N+](=O)[O-])cccc32)cc1. The van der Waals surface area contributed by atoms with E-state index in [9.17, 15) is 18.5 Å². The number of halogens is 1. The maximum absolute atomic E-state index is 12.8. The number of benzene rings is 2. The van der Waals surface area contributed by atoms with Gasteiger partial charge in [0.15, 0.2) is 0 Å². The molecule has 0 spiro atoms. The standard InChI is InChI=1S/C15H11BrN2O4S/c1-10-5-7-11(8-6-10)23(21,22)17-9-12(16)15-13(17)3-2-4-14(15)18(19)20/h2-9H,1H3. The lowest BCUT2D eigenvalue weighted by atomic mass is 10.2. The number of hydrogen-bond donors (Lipinski definition) is 0. The van der Waals surface area contributed by atoms with Gasteiger partial charge in [-0.25, -0.2) is 12.4 Å². The first-order valence-electron chi connectivity index (χ1n) is 6.58. The number of non-ortho nitro benzene ring substituents is 1. The van der Waals surface area contributed by atoms with E-state index in [4.69, 9.17) is 0 Å². The minimum atomic E-state index is -3.84. The van der Waals surface area contributed by atoms with Gasteiger partial charge in [0, 0.05) is 12.3 Å². The molecule has 0 amide bonds. The molecule has 3 rings (SSSR count). The van der Waals surface area contributed by atoms with Gasteiger partial charge >= 0.3 is 0 Å². The predicted octanol–water partition coefficient (Wildman–Crippen LogP) is 3.86. The summed E-state index contributed by atoms with van der Waals surface area (Å²) in [5.41, 5.74) is 1.05. The summed E-state index contributed by atoms with van der Waals surface area (Å²) in [6.45, 7) is 1.86. The van der Waals surface area contributed by atoms with Crippen LogP contribution < -0.4 is 0 Å². The molecule has 1 aromatic heterocycles. The molecule has 0 aliphatic heterocycles. The van der Waals surface area contributed by atoms with E-state index >= 15 is 0 Å². The van der Waals surface area contributed by atoms with E-state index in [2.05, 4.69) is 15.9 Å². The number of fused-ring (bicyclic) bond motifs is 1. The molecule has 0 N–H and O–H groups in total. The Morgan fingerprint density at radius 3 is 2.39 bits per heavy atom. The number of rotatable bonds is 3. The molecule has 0 aliphatic carbocycles. The van der Waals surface area contributed by atoms with Gasteiger partial charge in [-0.2, -0.15) is 0 Å². The number of nitro groups is 1. The van der Waals surface area contributed by atoms with E-state index in [1.54, 1.807) is 18.2 Å². The Morgan fingerprint density at radius 1 is 1.13 bits per heavy atom. The maximum Gasteiger partial charge on any atom is 0.279 e. The van der Waals surface area contributed by atoms with Gasteiger partial charge in [0.2, 0.25) is 0 Å². The molecule has 0 atom stereocenters. The molecule has 0 aliphatic rings. The van der Waals surface area contributed by atoms with Crippen LogP contribution in [0.15, 0.2) is 58.0 Å². The highest BCUT2D eigenvalue weighted by Gasteiger charge is 2.24. The second-order valence-corrected chi connectivity index (χ2v) is 7.69.